The number of benzene rings is 1. The fourth-order valence-electron chi connectivity index (χ4n) is 2.17. The number of anilines is 2. The highest BCUT2D eigenvalue weighted by Crippen LogP contribution is 2.38. The van der Waals surface area contributed by atoms with Crippen LogP contribution in [0.4, 0.5) is 11.4 Å². The van der Waals surface area contributed by atoms with Crippen LogP contribution in [0.3, 0.4) is 0 Å². The predicted octanol–water partition coefficient (Wildman–Crippen LogP) is 1.00. The van der Waals surface area contributed by atoms with Gasteiger partial charge in [-0.3, -0.25) is 4.79 Å². The Morgan fingerprint density at radius 1 is 1.35 bits per heavy atom. The van der Waals surface area contributed by atoms with Crippen LogP contribution in [0.5, 0.6) is 11.5 Å². The molecule has 1 aliphatic heterocycles. The Morgan fingerprint density at radius 2 is 2.00 bits per heavy atom. The summed E-state index contributed by atoms with van der Waals surface area (Å²) in [6.45, 7) is 4.14. The molecule has 6 nitrogen and oxygen atoms in total. The highest BCUT2D eigenvalue weighted by molar-refractivity contribution is 5.83. The Balaban J connectivity index is 2.29. The molecule has 0 aromatic heterocycles. The van der Waals surface area contributed by atoms with E-state index in [0.29, 0.717) is 30.4 Å². The summed E-state index contributed by atoms with van der Waals surface area (Å²) >= 11 is 0. The molecule has 0 fully saturated rings. The molecule has 20 heavy (non-hydrogen) atoms. The number of hydrogen-bond donors (Lipinski definition) is 2. The third-order valence-corrected chi connectivity index (χ3v) is 3.14. The lowest BCUT2D eigenvalue weighted by atomic mass is 10.2. The quantitative estimate of drug-likeness (QED) is 0.786. The van der Waals surface area contributed by atoms with E-state index in [4.69, 9.17) is 15.2 Å². The average Bonchev–Trinajstić information content (AvgIpc) is 2.46. The lowest BCUT2D eigenvalue weighted by Gasteiger charge is -2.27. The van der Waals surface area contributed by atoms with Crippen LogP contribution in [-0.4, -0.2) is 39.3 Å². The molecule has 1 aromatic carbocycles. The van der Waals surface area contributed by atoms with E-state index in [0.717, 1.165) is 18.7 Å². The molecule has 0 bridgehead atoms. The smallest absolute Gasteiger partial charge is 0.239 e. The molecule has 1 aliphatic rings. The van der Waals surface area contributed by atoms with Crippen molar-refractivity contribution in [1.29, 1.82) is 0 Å². The van der Waals surface area contributed by atoms with Crippen molar-refractivity contribution >= 4 is 17.3 Å². The van der Waals surface area contributed by atoms with Crippen molar-refractivity contribution in [2.75, 3.05) is 44.0 Å². The minimum atomic E-state index is -0.0484. The maximum absolute atomic E-state index is 11.6. The van der Waals surface area contributed by atoms with E-state index in [-0.39, 0.29) is 12.5 Å². The van der Waals surface area contributed by atoms with E-state index in [1.807, 2.05) is 11.0 Å². The maximum Gasteiger partial charge on any atom is 0.239 e. The van der Waals surface area contributed by atoms with Gasteiger partial charge in [0.1, 0.15) is 13.2 Å². The summed E-state index contributed by atoms with van der Waals surface area (Å²) in [6.07, 6.45) is 0.922. The van der Waals surface area contributed by atoms with E-state index < -0.39 is 0 Å². The van der Waals surface area contributed by atoms with Gasteiger partial charge < -0.3 is 25.4 Å². The van der Waals surface area contributed by atoms with Crippen LogP contribution in [0.1, 0.15) is 13.3 Å². The third kappa shape index (κ3) is 3.07. The van der Waals surface area contributed by atoms with E-state index in [2.05, 4.69) is 12.2 Å². The lowest BCUT2D eigenvalue weighted by Crippen LogP contribution is -2.36. The van der Waals surface area contributed by atoms with Crippen molar-refractivity contribution in [1.82, 2.24) is 5.32 Å². The Hall–Kier alpha value is -2.11. The largest absolute Gasteiger partial charge is 0.486 e. The Labute approximate surface area is 118 Å². The summed E-state index contributed by atoms with van der Waals surface area (Å²) in [4.78, 5) is 13.6. The molecular formula is C14H21N3O3. The van der Waals surface area contributed by atoms with Crippen LogP contribution in [0.15, 0.2) is 12.1 Å². The van der Waals surface area contributed by atoms with Crippen molar-refractivity contribution in [2.24, 2.45) is 0 Å². The molecule has 2 rings (SSSR count). The number of likely N-dealkylation sites (N-methyl/N-ethyl adjacent to an activating group) is 1. The summed E-state index contributed by atoms with van der Waals surface area (Å²) in [5.74, 6) is 1.29. The molecule has 1 aromatic rings. The number of nitrogens with two attached hydrogens (primary N) is 1. The number of nitrogen functional groups attached to an aromatic ring is 1. The number of hydrogen-bond acceptors (Lipinski definition) is 5. The first-order valence-corrected chi connectivity index (χ1v) is 6.80. The van der Waals surface area contributed by atoms with Gasteiger partial charge in [0.05, 0.1) is 17.9 Å². The molecule has 0 radical (unpaired) electrons. The van der Waals surface area contributed by atoms with Gasteiger partial charge in [-0.1, -0.05) is 6.92 Å². The molecule has 0 unspecified atom stereocenters. The standard InChI is InChI=1S/C14H21N3O3/c1-3-4-17(9-14(18)16-2)11-8-13-12(7-10(11)15)19-5-6-20-13/h7-8H,3-6,9,15H2,1-2H3,(H,16,18). The minimum Gasteiger partial charge on any atom is -0.486 e. The van der Waals surface area contributed by atoms with Gasteiger partial charge >= 0.3 is 0 Å². The number of fused-ring (bicyclic) bond motifs is 1. The molecule has 110 valence electrons. The number of carbonyl (C=O) groups is 1. The number of amides is 1. The fourth-order valence-corrected chi connectivity index (χ4v) is 2.17. The van der Waals surface area contributed by atoms with Gasteiger partial charge in [0.15, 0.2) is 11.5 Å². The van der Waals surface area contributed by atoms with Gasteiger partial charge in [-0.25, -0.2) is 0 Å². The maximum atomic E-state index is 11.6. The predicted molar refractivity (Wildman–Crippen MR) is 78.4 cm³/mol. The lowest BCUT2D eigenvalue weighted by molar-refractivity contribution is -0.119. The fraction of sp³-hybridized carbons (Fsp3) is 0.500. The zero-order valence-electron chi connectivity index (χ0n) is 11.9. The van der Waals surface area contributed by atoms with Crippen LogP contribution in [0.25, 0.3) is 0 Å². The van der Waals surface area contributed by atoms with Crippen molar-refractivity contribution in [3.05, 3.63) is 12.1 Å². The van der Waals surface area contributed by atoms with E-state index in [9.17, 15) is 4.79 Å². The zero-order valence-corrected chi connectivity index (χ0v) is 11.9. The first-order chi connectivity index (χ1) is 9.65. The molecule has 0 saturated heterocycles. The average molecular weight is 279 g/mol. The Morgan fingerprint density at radius 3 is 2.60 bits per heavy atom. The summed E-state index contributed by atoms with van der Waals surface area (Å²) in [5, 5.41) is 2.63. The monoisotopic (exact) mass is 279 g/mol. The molecule has 0 atom stereocenters. The van der Waals surface area contributed by atoms with Crippen molar-refractivity contribution in [2.45, 2.75) is 13.3 Å². The Bertz CT molecular complexity index is 491. The summed E-state index contributed by atoms with van der Waals surface area (Å²) in [7, 11) is 1.62. The van der Waals surface area contributed by atoms with E-state index in [1.54, 1.807) is 13.1 Å². The minimum absolute atomic E-state index is 0.0484. The molecule has 0 aliphatic carbocycles. The van der Waals surface area contributed by atoms with Crippen molar-refractivity contribution < 1.29 is 14.3 Å². The van der Waals surface area contributed by atoms with Gasteiger partial charge in [0.2, 0.25) is 5.91 Å². The second-order valence-corrected chi connectivity index (χ2v) is 4.65. The molecular weight excluding hydrogens is 258 g/mol. The second kappa shape index (κ2) is 6.36. The molecule has 0 spiro atoms. The summed E-state index contributed by atoms with van der Waals surface area (Å²) in [5.41, 5.74) is 7.48. The number of carbonyl (C=O) groups excluding carboxylic acids is 1. The van der Waals surface area contributed by atoms with Gasteiger partial charge in [-0.15, -0.1) is 0 Å². The van der Waals surface area contributed by atoms with Gasteiger partial charge in [0.25, 0.3) is 0 Å². The highest BCUT2D eigenvalue weighted by Gasteiger charge is 2.19. The van der Waals surface area contributed by atoms with Crippen molar-refractivity contribution in [3.63, 3.8) is 0 Å². The van der Waals surface area contributed by atoms with Crippen LogP contribution in [-0.2, 0) is 4.79 Å². The molecule has 0 saturated carbocycles. The SMILES string of the molecule is CCCN(CC(=O)NC)c1cc2c(cc1N)OCCO2. The topological polar surface area (TPSA) is 76.8 Å². The zero-order chi connectivity index (χ0) is 14.5. The number of ether oxygens (including phenoxy) is 2. The van der Waals surface area contributed by atoms with Gasteiger partial charge in [-0.2, -0.15) is 0 Å². The normalized spacial score (nSPS) is 12.9. The van der Waals surface area contributed by atoms with Crippen LogP contribution >= 0.6 is 0 Å². The molecule has 1 heterocycles. The number of rotatable bonds is 5. The third-order valence-electron chi connectivity index (χ3n) is 3.14. The first-order valence-electron chi connectivity index (χ1n) is 6.80. The summed E-state index contributed by atoms with van der Waals surface area (Å²) in [6, 6.07) is 3.61. The van der Waals surface area contributed by atoms with Gasteiger partial charge in [-0.05, 0) is 6.42 Å². The Kier molecular flexibility index (Phi) is 4.55. The van der Waals surface area contributed by atoms with Crippen LogP contribution < -0.4 is 25.4 Å². The number of nitrogens with zero attached hydrogens (tertiary/aromatic N) is 1. The second-order valence-electron chi connectivity index (χ2n) is 4.65. The molecule has 1 amide bonds. The molecule has 6 heteroatoms. The number of nitrogens with one attached hydrogen (secondary N) is 1. The van der Waals surface area contributed by atoms with Crippen molar-refractivity contribution in [3.8, 4) is 11.5 Å². The highest BCUT2D eigenvalue weighted by atomic mass is 16.6. The van der Waals surface area contributed by atoms with Crippen LogP contribution in [0, 0.1) is 0 Å². The van der Waals surface area contributed by atoms with E-state index >= 15 is 0 Å². The summed E-state index contributed by atoms with van der Waals surface area (Å²) < 4.78 is 11.1. The van der Waals surface area contributed by atoms with E-state index in [1.165, 1.54) is 0 Å². The molecule has 3 N–H and O–H groups in total. The van der Waals surface area contributed by atoms with Gasteiger partial charge in [0, 0.05) is 25.7 Å². The van der Waals surface area contributed by atoms with Crippen LogP contribution in [0.2, 0.25) is 0 Å². The first kappa shape index (κ1) is 14.3.